The topological polar surface area (TPSA) is 81.4 Å². The maximum absolute atomic E-state index is 12.0. The zero-order valence-electron chi connectivity index (χ0n) is 11.9. The molecule has 3 N–H and O–H groups in total. The minimum absolute atomic E-state index is 0.0369. The molecule has 0 aliphatic heterocycles. The van der Waals surface area contributed by atoms with Gasteiger partial charge >= 0.3 is 5.97 Å². The first-order valence-corrected chi connectivity index (χ1v) is 7.35. The summed E-state index contributed by atoms with van der Waals surface area (Å²) in [4.78, 5) is 23.7. The number of esters is 1. The Kier molecular flexibility index (Phi) is 6.78. The molecule has 1 atom stereocenters. The number of rotatable bonds is 6. The Morgan fingerprint density at radius 2 is 2.05 bits per heavy atom. The second-order valence-electron chi connectivity index (χ2n) is 4.56. The van der Waals surface area contributed by atoms with Gasteiger partial charge in [0.15, 0.2) is 6.10 Å². The largest absolute Gasteiger partial charge is 0.449 e. The summed E-state index contributed by atoms with van der Waals surface area (Å²) in [5.41, 5.74) is 5.93. The maximum atomic E-state index is 12.0. The average Bonchev–Trinajstić information content (AvgIpc) is 2.42. The summed E-state index contributed by atoms with van der Waals surface area (Å²) in [6.07, 6.45) is 0.903. The van der Waals surface area contributed by atoms with E-state index < -0.39 is 12.1 Å². The molecule has 1 amide bonds. The van der Waals surface area contributed by atoms with Gasteiger partial charge in [0.2, 0.25) is 0 Å². The molecule has 1 unspecified atom stereocenters. The van der Waals surface area contributed by atoms with Crippen molar-refractivity contribution in [2.75, 3.05) is 12.3 Å². The molecule has 0 saturated carbocycles. The molecule has 5 nitrogen and oxygen atoms in total. The molecule has 0 bridgehead atoms. The fourth-order valence-corrected chi connectivity index (χ4v) is 1.98. The molecule has 116 valence electrons. The second-order valence-corrected chi connectivity index (χ2v) is 5.34. The van der Waals surface area contributed by atoms with Crippen LogP contribution in [-0.4, -0.2) is 24.5 Å². The highest BCUT2D eigenvalue weighted by Gasteiger charge is 2.21. The summed E-state index contributed by atoms with van der Waals surface area (Å²) in [5.74, 6) is -1.10. The van der Waals surface area contributed by atoms with E-state index in [1.807, 2.05) is 6.92 Å². The van der Waals surface area contributed by atoms with E-state index in [9.17, 15) is 9.59 Å². The number of nitrogen functional groups attached to an aromatic ring is 1. The third-order valence-corrected chi connectivity index (χ3v) is 3.56. The third kappa shape index (κ3) is 5.10. The predicted molar refractivity (Wildman–Crippen MR) is 83.7 cm³/mol. The highest BCUT2D eigenvalue weighted by molar-refractivity contribution is 6.44. The normalized spacial score (nSPS) is 11.8. The molecule has 0 aliphatic carbocycles. The van der Waals surface area contributed by atoms with Crippen molar-refractivity contribution in [3.8, 4) is 0 Å². The second kappa shape index (κ2) is 8.10. The van der Waals surface area contributed by atoms with Crippen LogP contribution in [0.15, 0.2) is 12.1 Å². The summed E-state index contributed by atoms with van der Waals surface area (Å²) in [7, 11) is 0. The molecule has 0 radical (unpaired) electrons. The van der Waals surface area contributed by atoms with Gasteiger partial charge in [0, 0.05) is 12.2 Å². The van der Waals surface area contributed by atoms with Gasteiger partial charge in [-0.1, -0.05) is 36.5 Å². The van der Waals surface area contributed by atoms with Crippen molar-refractivity contribution in [2.24, 2.45) is 0 Å². The van der Waals surface area contributed by atoms with Crippen LogP contribution in [0, 0.1) is 0 Å². The van der Waals surface area contributed by atoms with Crippen molar-refractivity contribution in [2.45, 2.75) is 32.8 Å². The number of carbonyl (C=O) groups is 2. The van der Waals surface area contributed by atoms with Gasteiger partial charge in [0.05, 0.1) is 15.6 Å². The fraction of sp³-hybridized carbons (Fsp3) is 0.429. The molecule has 1 rings (SSSR count). The van der Waals surface area contributed by atoms with Crippen LogP contribution in [0.2, 0.25) is 10.0 Å². The fourth-order valence-electron chi connectivity index (χ4n) is 1.57. The Balaban J connectivity index is 2.71. The number of hydrogen-bond acceptors (Lipinski definition) is 4. The van der Waals surface area contributed by atoms with E-state index in [4.69, 9.17) is 33.7 Å². The lowest BCUT2D eigenvalue weighted by molar-refractivity contribution is -0.129. The van der Waals surface area contributed by atoms with E-state index in [0.29, 0.717) is 6.54 Å². The van der Waals surface area contributed by atoms with Crippen LogP contribution in [0.25, 0.3) is 0 Å². The van der Waals surface area contributed by atoms with Gasteiger partial charge in [-0.3, -0.25) is 4.79 Å². The first-order valence-electron chi connectivity index (χ1n) is 6.60. The lowest BCUT2D eigenvalue weighted by Gasteiger charge is -2.14. The molecular weight excluding hydrogens is 315 g/mol. The van der Waals surface area contributed by atoms with Gasteiger partial charge in [0.25, 0.3) is 5.91 Å². The Bertz CT molecular complexity index is 535. The first kappa shape index (κ1) is 17.6. The van der Waals surface area contributed by atoms with Crippen LogP contribution in [0.4, 0.5) is 5.69 Å². The highest BCUT2D eigenvalue weighted by Crippen LogP contribution is 2.29. The molecule has 7 heteroatoms. The Morgan fingerprint density at radius 3 is 2.67 bits per heavy atom. The molecule has 0 heterocycles. The van der Waals surface area contributed by atoms with Crippen molar-refractivity contribution in [1.82, 2.24) is 5.32 Å². The lowest BCUT2D eigenvalue weighted by Crippen LogP contribution is -2.36. The summed E-state index contributed by atoms with van der Waals surface area (Å²) in [6.45, 7) is 4.05. The molecular formula is C14H18Cl2N2O3. The number of unbranched alkanes of at least 4 members (excludes halogenated alkanes) is 1. The molecule has 1 aromatic carbocycles. The minimum Gasteiger partial charge on any atom is -0.449 e. The van der Waals surface area contributed by atoms with E-state index in [1.54, 1.807) is 0 Å². The Hall–Kier alpha value is -1.46. The zero-order valence-corrected chi connectivity index (χ0v) is 13.4. The summed E-state index contributed by atoms with van der Waals surface area (Å²) >= 11 is 11.8. The van der Waals surface area contributed by atoms with Crippen LogP contribution < -0.4 is 11.1 Å². The molecule has 0 fully saturated rings. The van der Waals surface area contributed by atoms with Gasteiger partial charge in [0.1, 0.15) is 0 Å². The van der Waals surface area contributed by atoms with Crippen molar-refractivity contribution in [3.05, 3.63) is 27.7 Å². The predicted octanol–water partition coefficient (Wildman–Crippen LogP) is 3.04. The van der Waals surface area contributed by atoms with Crippen molar-refractivity contribution >= 4 is 40.8 Å². The highest BCUT2D eigenvalue weighted by atomic mass is 35.5. The Labute approximate surface area is 133 Å². The van der Waals surface area contributed by atoms with E-state index >= 15 is 0 Å². The number of halogens is 2. The van der Waals surface area contributed by atoms with Crippen LogP contribution >= 0.6 is 23.2 Å². The molecule has 0 saturated heterocycles. The Morgan fingerprint density at radius 1 is 1.38 bits per heavy atom. The minimum atomic E-state index is -0.925. The molecule has 0 aliphatic rings. The van der Waals surface area contributed by atoms with Gasteiger partial charge < -0.3 is 15.8 Å². The summed E-state index contributed by atoms with van der Waals surface area (Å²) in [6, 6.07) is 2.79. The maximum Gasteiger partial charge on any atom is 0.340 e. The number of anilines is 1. The van der Waals surface area contributed by atoms with Gasteiger partial charge in [-0.25, -0.2) is 4.79 Å². The average molecular weight is 333 g/mol. The molecule has 0 aromatic heterocycles. The summed E-state index contributed by atoms with van der Waals surface area (Å²) in [5, 5.41) is 2.88. The smallest absolute Gasteiger partial charge is 0.340 e. The van der Waals surface area contributed by atoms with Gasteiger partial charge in [-0.15, -0.1) is 0 Å². The zero-order chi connectivity index (χ0) is 16.0. The quantitative estimate of drug-likeness (QED) is 0.476. The van der Waals surface area contributed by atoms with Crippen molar-refractivity contribution in [3.63, 3.8) is 0 Å². The van der Waals surface area contributed by atoms with E-state index in [-0.39, 0.29) is 27.2 Å². The van der Waals surface area contributed by atoms with E-state index in [2.05, 4.69) is 5.32 Å². The van der Waals surface area contributed by atoms with Crippen LogP contribution in [-0.2, 0) is 9.53 Å². The van der Waals surface area contributed by atoms with Crippen LogP contribution in [0.3, 0.4) is 0 Å². The van der Waals surface area contributed by atoms with Crippen LogP contribution in [0.5, 0.6) is 0 Å². The first-order chi connectivity index (χ1) is 9.86. The van der Waals surface area contributed by atoms with E-state index in [1.165, 1.54) is 19.1 Å². The summed E-state index contributed by atoms with van der Waals surface area (Å²) < 4.78 is 5.07. The third-order valence-electron chi connectivity index (χ3n) is 2.75. The lowest BCUT2D eigenvalue weighted by atomic mass is 10.2. The molecule has 0 spiro atoms. The van der Waals surface area contributed by atoms with Gasteiger partial charge in [-0.2, -0.15) is 0 Å². The standard InChI is InChI=1S/C14H18Cl2N2O3/c1-3-4-5-18-13(19)8(2)21-14(20)10-6-9(17)7-11(15)12(10)16/h6-8H,3-5,17H2,1-2H3,(H,18,19). The van der Waals surface area contributed by atoms with Crippen molar-refractivity contribution < 1.29 is 14.3 Å². The SMILES string of the molecule is CCCCNC(=O)C(C)OC(=O)c1cc(N)cc(Cl)c1Cl. The number of carbonyl (C=O) groups excluding carboxylic acids is 2. The number of hydrogen-bond donors (Lipinski definition) is 2. The van der Waals surface area contributed by atoms with Gasteiger partial charge in [-0.05, 0) is 25.5 Å². The number of benzene rings is 1. The molecule has 21 heavy (non-hydrogen) atoms. The number of amides is 1. The van der Waals surface area contributed by atoms with Crippen LogP contribution in [0.1, 0.15) is 37.0 Å². The number of nitrogens with two attached hydrogens (primary N) is 1. The van der Waals surface area contributed by atoms with Crippen molar-refractivity contribution in [1.29, 1.82) is 0 Å². The monoisotopic (exact) mass is 332 g/mol. The number of ether oxygens (including phenoxy) is 1. The molecule has 1 aromatic rings. The van der Waals surface area contributed by atoms with E-state index in [0.717, 1.165) is 12.8 Å². The number of nitrogens with one attached hydrogen (secondary N) is 1.